The van der Waals surface area contributed by atoms with Crippen LogP contribution in [0.15, 0.2) is 87.7 Å². The van der Waals surface area contributed by atoms with Crippen LogP contribution in [0.25, 0.3) is 0 Å². The Hall–Kier alpha value is -4.14. The molecule has 0 unspecified atom stereocenters. The van der Waals surface area contributed by atoms with E-state index in [1.54, 1.807) is 32.0 Å². The molecule has 3 aromatic carbocycles. The Bertz CT molecular complexity index is 1590. The number of nitrogens with zero attached hydrogens (tertiary/aromatic N) is 2. The van der Waals surface area contributed by atoms with Crippen LogP contribution in [0, 0.1) is 23.0 Å². The highest BCUT2D eigenvalue weighted by atomic mass is 32.2. The third-order valence-corrected chi connectivity index (χ3v) is 8.10. The SMILES string of the molecule is Cc1ccc(S(=O)(=O)N[C@@H](C(=O)N/N=C\c2ccccc2OS(=O)(=O)c2ccc([N+](=O)[O-])cc2)C(C)C)cc1. The largest absolute Gasteiger partial charge is 0.378 e. The molecule has 0 aromatic heterocycles. The second kappa shape index (κ2) is 12.1. The number of aryl methyl sites for hydroxylation is 1. The van der Waals surface area contributed by atoms with Crippen LogP contribution >= 0.6 is 0 Å². The molecule has 14 heteroatoms. The summed E-state index contributed by atoms with van der Waals surface area (Å²) < 4.78 is 58.5. The van der Waals surface area contributed by atoms with Crippen molar-refractivity contribution in [1.82, 2.24) is 10.1 Å². The van der Waals surface area contributed by atoms with E-state index < -0.39 is 42.9 Å². The van der Waals surface area contributed by atoms with Gasteiger partial charge in [-0.1, -0.05) is 43.7 Å². The molecule has 0 bridgehead atoms. The number of benzene rings is 3. The predicted molar refractivity (Wildman–Crippen MR) is 143 cm³/mol. The van der Waals surface area contributed by atoms with E-state index >= 15 is 0 Å². The summed E-state index contributed by atoms with van der Waals surface area (Å²) >= 11 is 0. The second-order valence-corrected chi connectivity index (χ2v) is 12.0. The van der Waals surface area contributed by atoms with E-state index in [0.717, 1.165) is 36.0 Å². The van der Waals surface area contributed by atoms with Gasteiger partial charge >= 0.3 is 10.1 Å². The fourth-order valence-electron chi connectivity index (χ4n) is 3.24. The minimum absolute atomic E-state index is 0.00959. The molecule has 0 saturated carbocycles. The van der Waals surface area contributed by atoms with E-state index in [9.17, 15) is 31.7 Å². The molecule has 3 aromatic rings. The lowest BCUT2D eigenvalue weighted by Crippen LogP contribution is -2.48. The number of non-ortho nitro benzene ring substituents is 1. The fraction of sp³-hybridized carbons (Fsp3) is 0.200. The van der Waals surface area contributed by atoms with Crippen molar-refractivity contribution in [3.05, 3.63) is 94.0 Å². The molecule has 0 aliphatic carbocycles. The Labute approximate surface area is 226 Å². The summed E-state index contributed by atoms with van der Waals surface area (Å²) in [6.07, 6.45) is 1.14. The maximum Gasteiger partial charge on any atom is 0.339 e. The summed E-state index contributed by atoms with van der Waals surface area (Å²) in [4.78, 5) is 22.7. The van der Waals surface area contributed by atoms with E-state index in [1.165, 1.54) is 30.3 Å². The van der Waals surface area contributed by atoms with E-state index in [1.807, 2.05) is 6.92 Å². The molecule has 0 aliphatic rings. The first-order valence-electron chi connectivity index (χ1n) is 11.5. The number of hydrogen-bond donors (Lipinski definition) is 2. The van der Waals surface area contributed by atoms with Crippen LogP contribution in [0.4, 0.5) is 5.69 Å². The second-order valence-electron chi connectivity index (χ2n) is 8.72. The van der Waals surface area contributed by atoms with E-state index in [4.69, 9.17) is 4.18 Å². The van der Waals surface area contributed by atoms with Gasteiger partial charge in [0.05, 0.1) is 16.0 Å². The van der Waals surface area contributed by atoms with Crippen molar-refractivity contribution in [3.8, 4) is 5.75 Å². The number of nitro groups is 1. The molecule has 0 radical (unpaired) electrons. The number of hydrazone groups is 1. The van der Waals surface area contributed by atoms with Gasteiger partial charge in [0.2, 0.25) is 10.0 Å². The van der Waals surface area contributed by atoms with Crippen LogP contribution in [0.1, 0.15) is 25.0 Å². The van der Waals surface area contributed by atoms with Crippen molar-refractivity contribution >= 4 is 38.0 Å². The maximum atomic E-state index is 12.8. The molecule has 0 aliphatic heterocycles. The average Bonchev–Trinajstić information content (AvgIpc) is 2.88. The van der Waals surface area contributed by atoms with Gasteiger partial charge in [-0.05, 0) is 49.2 Å². The van der Waals surface area contributed by atoms with E-state index in [2.05, 4.69) is 15.2 Å². The summed E-state index contributed by atoms with van der Waals surface area (Å²) in [7, 11) is -8.33. The first kappa shape index (κ1) is 29.4. The Morgan fingerprint density at radius 2 is 1.54 bits per heavy atom. The van der Waals surface area contributed by atoms with Crippen molar-refractivity contribution in [3.63, 3.8) is 0 Å². The van der Waals surface area contributed by atoms with Crippen LogP contribution < -0.4 is 14.3 Å². The summed E-state index contributed by atoms with van der Waals surface area (Å²) in [6.45, 7) is 5.15. The first-order chi connectivity index (χ1) is 18.3. The molecule has 206 valence electrons. The van der Waals surface area contributed by atoms with Gasteiger partial charge in [0.1, 0.15) is 10.9 Å². The van der Waals surface area contributed by atoms with Crippen molar-refractivity contribution < 1.29 is 30.7 Å². The molecule has 0 fully saturated rings. The zero-order chi connectivity index (χ0) is 28.8. The molecule has 39 heavy (non-hydrogen) atoms. The number of rotatable bonds is 11. The predicted octanol–water partition coefficient (Wildman–Crippen LogP) is 3.12. The molecule has 0 spiro atoms. The Morgan fingerprint density at radius 3 is 2.13 bits per heavy atom. The number of para-hydroxylation sites is 1. The smallest absolute Gasteiger partial charge is 0.339 e. The molecule has 1 amide bonds. The third-order valence-electron chi connectivity index (χ3n) is 5.40. The summed E-state index contributed by atoms with van der Waals surface area (Å²) in [5, 5.41) is 14.7. The van der Waals surface area contributed by atoms with Crippen molar-refractivity contribution in [1.29, 1.82) is 0 Å². The monoisotopic (exact) mass is 574 g/mol. The van der Waals surface area contributed by atoms with E-state index in [-0.39, 0.29) is 26.8 Å². The van der Waals surface area contributed by atoms with Crippen LogP contribution in [-0.2, 0) is 24.9 Å². The highest BCUT2D eigenvalue weighted by Gasteiger charge is 2.28. The number of hydrogen-bond acceptors (Lipinski definition) is 9. The Balaban J connectivity index is 1.74. The lowest BCUT2D eigenvalue weighted by Gasteiger charge is -2.20. The highest BCUT2D eigenvalue weighted by Crippen LogP contribution is 2.23. The van der Waals surface area contributed by atoms with Gasteiger partial charge in [0, 0.05) is 17.7 Å². The van der Waals surface area contributed by atoms with Crippen molar-refractivity contribution in [2.75, 3.05) is 0 Å². The quantitative estimate of drug-likeness (QED) is 0.152. The van der Waals surface area contributed by atoms with Crippen LogP contribution in [0.2, 0.25) is 0 Å². The normalized spacial score (nSPS) is 12.8. The molecule has 12 nitrogen and oxygen atoms in total. The Kier molecular flexibility index (Phi) is 9.16. The zero-order valence-corrected chi connectivity index (χ0v) is 22.8. The maximum absolute atomic E-state index is 12.8. The number of nitrogens with one attached hydrogen (secondary N) is 2. The van der Waals surface area contributed by atoms with Gasteiger partial charge in [0.25, 0.3) is 11.6 Å². The fourth-order valence-corrected chi connectivity index (χ4v) is 5.54. The Morgan fingerprint density at radius 1 is 0.949 bits per heavy atom. The number of sulfonamides is 1. The molecule has 0 saturated heterocycles. The topological polar surface area (TPSA) is 174 Å². The van der Waals surface area contributed by atoms with Gasteiger partial charge in [-0.25, -0.2) is 13.8 Å². The minimum Gasteiger partial charge on any atom is -0.378 e. The highest BCUT2D eigenvalue weighted by molar-refractivity contribution is 7.89. The summed E-state index contributed by atoms with van der Waals surface area (Å²) in [5.74, 6) is -1.27. The molecule has 1 atom stereocenters. The van der Waals surface area contributed by atoms with Crippen LogP contribution in [0.5, 0.6) is 5.75 Å². The number of amides is 1. The molecular weight excluding hydrogens is 548 g/mol. The lowest BCUT2D eigenvalue weighted by molar-refractivity contribution is -0.384. The summed E-state index contributed by atoms with van der Waals surface area (Å²) in [5.41, 5.74) is 3.06. The van der Waals surface area contributed by atoms with Crippen LogP contribution in [0.3, 0.4) is 0 Å². The van der Waals surface area contributed by atoms with Gasteiger partial charge in [0.15, 0.2) is 5.75 Å². The van der Waals surface area contributed by atoms with Crippen LogP contribution in [-0.4, -0.2) is 39.9 Å². The van der Waals surface area contributed by atoms with Gasteiger partial charge < -0.3 is 4.18 Å². The lowest BCUT2D eigenvalue weighted by atomic mass is 10.1. The minimum atomic E-state index is -4.34. The zero-order valence-electron chi connectivity index (χ0n) is 21.1. The average molecular weight is 575 g/mol. The molecule has 2 N–H and O–H groups in total. The van der Waals surface area contributed by atoms with Gasteiger partial charge in [-0.2, -0.15) is 18.2 Å². The molecule has 3 rings (SSSR count). The van der Waals surface area contributed by atoms with Gasteiger partial charge in [-0.15, -0.1) is 0 Å². The summed E-state index contributed by atoms with van der Waals surface area (Å²) in [6, 6.07) is 15.1. The van der Waals surface area contributed by atoms with Crippen molar-refractivity contribution in [2.24, 2.45) is 11.0 Å². The number of nitro benzene ring substituents is 1. The number of carbonyl (C=O) groups excluding carboxylic acids is 1. The number of carbonyl (C=O) groups is 1. The van der Waals surface area contributed by atoms with E-state index in [0.29, 0.717) is 0 Å². The van der Waals surface area contributed by atoms with Crippen molar-refractivity contribution in [2.45, 2.75) is 36.6 Å². The third kappa shape index (κ3) is 7.69. The molecule has 0 heterocycles. The van der Waals surface area contributed by atoms with Gasteiger partial charge in [-0.3, -0.25) is 14.9 Å². The molecular formula is C25H26N4O8S2. The standard InChI is InChI=1S/C25H26N4O8S2/c1-17(2)24(28-38(33,34)21-12-8-18(3)9-13-21)25(30)27-26-16-19-6-4-5-7-23(19)37-39(35,36)22-14-10-20(11-15-22)29(31)32/h4-17,24,28H,1-3H3,(H,27,30)/b26-16-/t24-/m1/s1. The first-order valence-corrected chi connectivity index (χ1v) is 14.4.